The summed E-state index contributed by atoms with van der Waals surface area (Å²) in [7, 11) is 0. The van der Waals surface area contributed by atoms with Crippen molar-refractivity contribution in [2.75, 3.05) is 51.6 Å². The number of thioether (sulfide) groups is 1. The number of rotatable bonds is 7. The van der Waals surface area contributed by atoms with Crippen LogP contribution in [-0.2, 0) is 9.59 Å². The lowest BCUT2D eigenvalue weighted by Crippen LogP contribution is -2.42. The number of carbonyl (C=O) groups excluding carboxylic acids is 2. The van der Waals surface area contributed by atoms with Crippen LogP contribution >= 0.6 is 11.8 Å². The number of carbonyl (C=O) groups is 2. The normalized spacial score (nSPS) is 15.7. The number of hydrogen-bond acceptors (Lipinski definition) is 4. The number of likely N-dealkylation sites (N-methyl/N-ethyl adjacent to an activating group) is 1. The monoisotopic (exact) mass is 363 g/mol. The standard InChI is InChI=1S/C19H29N3O2S/c1-3-21(4-2)18(23)15-20-11-8-12-22(14-13-20)19(24)16-25-17-9-6-5-7-10-17/h5-7,9-10H,3-4,8,11-16H2,1-2H3. The smallest absolute Gasteiger partial charge is 0.236 e. The number of hydrogen-bond donors (Lipinski definition) is 0. The molecule has 1 aliphatic heterocycles. The predicted octanol–water partition coefficient (Wildman–Crippen LogP) is 2.18. The second kappa shape index (κ2) is 10.5. The van der Waals surface area contributed by atoms with Crippen LogP contribution in [0.15, 0.2) is 35.2 Å². The molecule has 2 amide bonds. The van der Waals surface area contributed by atoms with Crippen LogP contribution in [0, 0.1) is 0 Å². The molecule has 0 spiro atoms. The first-order valence-electron chi connectivity index (χ1n) is 9.09. The van der Waals surface area contributed by atoms with Gasteiger partial charge in [-0.15, -0.1) is 11.8 Å². The van der Waals surface area contributed by atoms with Crippen LogP contribution in [0.25, 0.3) is 0 Å². The maximum Gasteiger partial charge on any atom is 0.236 e. The highest BCUT2D eigenvalue weighted by molar-refractivity contribution is 8.00. The quantitative estimate of drug-likeness (QED) is 0.697. The fraction of sp³-hybridized carbons (Fsp3) is 0.579. The molecule has 0 aliphatic carbocycles. The predicted molar refractivity (Wildman–Crippen MR) is 103 cm³/mol. The summed E-state index contributed by atoms with van der Waals surface area (Å²) in [5.41, 5.74) is 0. The van der Waals surface area contributed by atoms with E-state index < -0.39 is 0 Å². The van der Waals surface area contributed by atoms with Crippen LogP contribution in [-0.4, -0.2) is 78.1 Å². The summed E-state index contributed by atoms with van der Waals surface area (Å²) < 4.78 is 0. The zero-order valence-corrected chi connectivity index (χ0v) is 16.1. The molecular weight excluding hydrogens is 334 g/mol. The highest BCUT2D eigenvalue weighted by atomic mass is 32.2. The molecular formula is C19H29N3O2S. The molecule has 138 valence electrons. The molecule has 0 bridgehead atoms. The Morgan fingerprint density at radius 2 is 1.76 bits per heavy atom. The van der Waals surface area contributed by atoms with E-state index >= 15 is 0 Å². The van der Waals surface area contributed by atoms with Crippen molar-refractivity contribution in [3.8, 4) is 0 Å². The van der Waals surface area contributed by atoms with Crippen molar-refractivity contribution in [3.05, 3.63) is 30.3 Å². The Labute approximate surface area is 155 Å². The topological polar surface area (TPSA) is 43.9 Å². The molecule has 0 atom stereocenters. The summed E-state index contributed by atoms with van der Waals surface area (Å²) in [6.45, 7) is 9.13. The Balaban J connectivity index is 1.78. The van der Waals surface area contributed by atoms with Crippen molar-refractivity contribution in [1.82, 2.24) is 14.7 Å². The summed E-state index contributed by atoms with van der Waals surface area (Å²) in [6, 6.07) is 10.0. The van der Waals surface area contributed by atoms with Gasteiger partial charge in [0.25, 0.3) is 0 Å². The lowest BCUT2D eigenvalue weighted by atomic mass is 10.3. The van der Waals surface area contributed by atoms with Gasteiger partial charge in [-0.25, -0.2) is 0 Å². The third kappa shape index (κ3) is 6.36. The van der Waals surface area contributed by atoms with Crippen molar-refractivity contribution in [1.29, 1.82) is 0 Å². The molecule has 1 aliphatic rings. The first kappa shape index (κ1) is 19.8. The summed E-state index contributed by atoms with van der Waals surface area (Å²) in [4.78, 5) is 31.8. The molecule has 5 nitrogen and oxygen atoms in total. The van der Waals surface area contributed by atoms with E-state index in [4.69, 9.17) is 0 Å². The van der Waals surface area contributed by atoms with Gasteiger partial charge in [0.15, 0.2) is 0 Å². The molecule has 0 aromatic heterocycles. The van der Waals surface area contributed by atoms with Gasteiger partial charge in [-0.2, -0.15) is 0 Å². The molecule has 1 fully saturated rings. The van der Waals surface area contributed by atoms with E-state index in [1.807, 2.05) is 54.0 Å². The van der Waals surface area contributed by atoms with Crippen LogP contribution in [0.5, 0.6) is 0 Å². The highest BCUT2D eigenvalue weighted by Gasteiger charge is 2.21. The first-order valence-corrected chi connectivity index (χ1v) is 10.1. The fourth-order valence-corrected chi connectivity index (χ4v) is 3.82. The second-order valence-corrected chi connectivity index (χ2v) is 7.23. The summed E-state index contributed by atoms with van der Waals surface area (Å²) in [6.07, 6.45) is 0.924. The summed E-state index contributed by atoms with van der Waals surface area (Å²) in [5, 5.41) is 0. The summed E-state index contributed by atoms with van der Waals surface area (Å²) in [5.74, 6) is 0.845. The van der Waals surface area contributed by atoms with Gasteiger partial charge in [-0.05, 0) is 32.4 Å². The molecule has 0 radical (unpaired) electrons. The van der Waals surface area contributed by atoms with E-state index in [-0.39, 0.29) is 11.8 Å². The van der Waals surface area contributed by atoms with Crippen molar-refractivity contribution >= 4 is 23.6 Å². The summed E-state index contributed by atoms with van der Waals surface area (Å²) >= 11 is 1.58. The highest BCUT2D eigenvalue weighted by Crippen LogP contribution is 2.18. The van der Waals surface area contributed by atoms with E-state index in [0.717, 1.165) is 44.0 Å². The molecule has 25 heavy (non-hydrogen) atoms. The number of amides is 2. The number of nitrogens with zero attached hydrogens (tertiary/aromatic N) is 3. The van der Waals surface area contributed by atoms with Crippen molar-refractivity contribution < 1.29 is 9.59 Å². The van der Waals surface area contributed by atoms with Gasteiger partial charge in [0.05, 0.1) is 12.3 Å². The zero-order chi connectivity index (χ0) is 18.1. The Bertz CT molecular complexity index is 549. The molecule has 6 heteroatoms. The Morgan fingerprint density at radius 1 is 1.04 bits per heavy atom. The molecule has 1 aromatic carbocycles. The number of benzene rings is 1. The SMILES string of the molecule is CCN(CC)C(=O)CN1CCCN(C(=O)CSc2ccccc2)CC1. The van der Waals surface area contributed by atoms with Crippen LogP contribution in [0.2, 0.25) is 0 Å². The zero-order valence-electron chi connectivity index (χ0n) is 15.3. The fourth-order valence-electron chi connectivity index (χ4n) is 3.00. The Kier molecular flexibility index (Phi) is 8.28. The minimum atomic E-state index is 0.185. The van der Waals surface area contributed by atoms with E-state index in [1.54, 1.807) is 11.8 Å². The molecule has 1 saturated heterocycles. The Hall–Kier alpha value is -1.53. The van der Waals surface area contributed by atoms with E-state index in [1.165, 1.54) is 0 Å². The van der Waals surface area contributed by atoms with Crippen LogP contribution < -0.4 is 0 Å². The Morgan fingerprint density at radius 3 is 2.44 bits per heavy atom. The second-order valence-electron chi connectivity index (χ2n) is 6.18. The first-order chi connectivity index (χ1) is 12.1. The average molecular weight is 364 g/mol. The van der Waals surface area contributed by atoms with Crippen LogP contribution in [0.3, 0.4) is 0 Å². The van der Waals surface area contributed by atoms with Gasteiger partial charge in [-0.1, -0.05) is 18.2 Å². The van der Waals surface area contributed by atoms with Gasteiger partial charge in [0, 0.05) is 44.2 Å². The molecule has 1 heterocycles. The maximum atomic E-state index is 12.5. The van der Waals surface area contributed by atoms with Gasteiger partial charge in [0.2, 0.25) is 11.8 Å². The van der Waals surface area contributed by atoms with Crippen molar-refractivity contribution in [2.24, 2.45) is 0 Å². The van der Waals surface area contributed by atoms with E-state index in [2.05, 4.69) is 4.90 Å². The average Bonchev–Trinajstić information content (AvgIpc) is 2.87. The molecule has 2 rings (SSSR count). The van der Waals surface area contributed by atoms with Gasteiger partial charge in [-0.3, -0.25) is 14.5 Å². The third-order valence-electron chi connectivity index (χ3n) is 4.52. The molecule has 0 N–H and O–H groups in total. The van der Waals surface area contributed by atoms with Crippen molar-refractivity contribution in [3.63, 3.8) is 0 Å². The molecule has 0 saturated carbocycles. The van der Waals surface area contributed by atoms with Crippen LogP contribution in [0.4, 0.5) is 0 Å². The third-order valence-corrected chi connectivity index (χ3v) is 5.52. The van der Waals surface area contributed by atoms with E-state index in [9.17, 15) is 9.59 Å². The lowest BCUT2D eigenvalue weighted by molar-refractivity contribution is -0.132. The lowest BCUT2D eigenvalue weighted by Gasteiger charge is -2.25. The van der Waals surface area contributed by atoms with Crippen molar-refractivity contribution in [2.45, 2.75) is 25.2 Å². The van der Waals surface area contributed by atoms with Crippen LogP contribution in [0.1, 0.15) is 20.3 Å². The molecule has 0 unspecified atom stereocenters. The van der Waals surface area contributed by atoms with Gasteiger partial charge < -0.3 is 9.80 Å². The van der Waals surface area contributed by atoms with Gasteiger partial charge in [0.1, 0.15) is 0 Å². The minimum Gasteiger partial charge on any atom is -0.342 e. The largest absolute Gasteiger partial charge is 0.342 e. The maximum absolute atomic E-state index is 12.5. The van der Waals surface area contributed by atoms with Gasteiger partial charge >= 0.3 is 0 Å². The van der Waals surface area contributed by atoms with E-state index in [0.29, 0.717) is 18.8 Å². The molecule has 1 aromatic rings. The minimum absolute atomic E-state index is 0.185.